The molecule has 0 saturated carbocycles. The van der Waals surface area contributed by atoms with E-state index < -0.39 is 11.5 Å². The second-order valence-electron chi connectivity index (χ2n) is 6.70. The Morgan fingerprint density at radius 2 is 1.55 bits per heavy atom. The van der Waals surface area contributed by atoms with Gasteiger partial charge in [0.25, 0.3) is 5.91 Å². The molecule has 0 aliphatic carbocycles. The Hall–Kier alpha value is -2.89. The number of hydrogen-bond acceptors (Lipinski definition) is 4. The van der Waals surface area contributed by atoms with Crippen LogP contribution in [-0.4, -0.2) is 27.6 Å². The van der Waals surface area contributed by atoms with Gasteiger partial charge in [-0.05, 0) is 47.9 Å². The number of carbonyl (C=O) groups is 1. The van der Waals surface area contributed by atoms with E-state index in [-0.39, 0.29) is 22.5 Å². The Labute approximate surface area is 177 Å². The summed E-state index contributed by atoms with van der Waals surface area (Å²) in [6, 6.07) is 16.3. The van der Waals surface area contributed by atoms with E-state index in [0.29, 0.717) is 41.2 Å². The highest BCUT2D eigenvalue weighted by atomic mass is 35.5. The molecular weight excluding hydrogens is 413 g/mol. The number of benzene rings is 3. The molecule has 2 N–H and O–H groups in total. The normalized spacial score (nSPS) is 13.1. The number of halogens is 2. The molecule has 5 nitrogen and oxygen atoms in total. The van der Waals surface area contributed by atoms with Crippen molar-refractivity contribution in [3.63, 3.8) is 0 Å². The minimum Gasteiger partial charge on any atom is -0.503 e. The van der Waals surface area contributed by atoms with Gasteiger partial charge in [-0.1, -0.05) is 47.5 Å². The molecule has 0 bridgehead atoms. The van der Waals surface area contributed by atoms with Crippen LogP contribution in [0.15, 0.2) is 54.6 Å². The van der Waals surface area contributed by atoms with Gasteiger partial charge in [-0.15, -0.1) is 0 Å². The van der Waals surface area contributed by atoms with E-state index in [4.69, 9.17) is 27.9 Å². The maximum Gasteiger partial charge on any atom is 0.254 e. The van der Waals surface area contributed by atoms with Crippen LogP contribution in [0.5, 0.6) is 23.0 Å². The molecule has 0 aromatic heterocycles. The minimum absolute atomic E-state index is 0.0144. The molecule has 0 radical (unpaired) electrons. The SMILES string of the molecule is O=C(c1cccc(Oc2ccccc2)c1)N1CCc2c(Cl)c(O)c(O)c(Cl)c2C1. The summed E-state index contributed by atoms with van der Waals surface area (Å²) in [5.41, 5.74) is 1.67. The number of nitrogens with zero attached hydrogens (tertiary/aromatic N) is 1. The third kappa shape index (κ3) is 3.71. The summed E-state index contributed by atoms with van der Waals surface area (Å²) in [5, 5.41) is 20.0. The smallest absolute Gasteiger partial charge is 0.254 e. The van der Waals surface area contributed by atoms with Crippen LogP contribution in [0, 0.1) is 0 Å². The Kier molecular flexibility index (Phi) is 5.26. The number of amides is 1. The van der Waals surface area contributed by atoms with Crippen molar-refractivity contribution in [2.75, 3.05) is 6.54 Å². The zero-order valence-electron chi connectivity index (χ0n) is 15.2. The maximum absolute atomic E-state index is 13.0. The average Bonchev–Trinajstić information content (AvgIpc) is 2.76. The van der Waals surface area contributed by atoms with Crippen LogP contribution in [0.4, 0.5) is 0 Å². The van der Waals surface area contributed by atoms with Crippen molar-refractivity contribution in [1.29, 1.82) is 0 Å². The van der Waals surface area contributed by atoms with Crippen molar-refractivity contribution < 1.29 is 19.7 Å². The third-order valence-corrected chi connectivity index (χ3v) is 5.68. The van der Waals surface area contributed by atoms with Crippen molar-refractivity contribution in [2.24, 2.45) is 0 Å². The first kappa shape index (κ1) is 19.4. The number of aromatic hydroxyl groups is 2. The van der Waals surface area contributed by atoms with Crippen LogP contribution in [-0.2, 0) is 13.0 Å². The molecule has 1 aliphatic heterocycles. The molecule has 1 aliphatic rings. The molecule has 0 unspecified atom stereocenters. The summed E-state index contributed by atoms with van der Waals surface area (Å²) in [6.07, 6.45) is 0.424. The van der Waals surface area contributed by atoms with Crippen LogP contribution >= 0.6 is 23.2 Å². The van der Waals surface area contributed by atoms with Crippen molar-refractivity contribution in [3.8, 4) is 23.0 Å². The molecule has 7 heteroatoms. The monoisotopic (exact) mass is 429 g/mol. The zero-order valence-corrected chi connectivity index (χ0v) is 16.7. The lowest BCUT2D eigenvalue weighted by Gasteiger charge is -2.30. The fraction of sp³-hybridized carbons (Fsp3) is 0.136. The summed E-state index contributed by atoms with van der Waals surface area (Å²) in [4.78, 5) is 14.7. The number of carbonyl (C=O) groups excluding carboxylic acids is 1. The lowest BCUT2D eigenvalue weighted by molar-refractivity contribution is 0.0734. The topological polar surface area (TPSA) is 70.0 Å². The Morgan fingerprint density at radius 1 is 0.897 bits per heavy atom. The van der Waals surface area contributed by atoms with Crippen molar-refractivity contribution in [3.05, 3.63) is 81.3 Å². The summed E-state index contributed by atoms with van der Waals surface area (Å²) >= 11 is 12.3. The molecule has 3 aromatic rings. The molecule has 1 amide bonds. The molecule has 29 heavy (non-hydrogen) atoms. The first-order chi connectivity index (χ1) is 14.0. The van der Waals surface area contributed by atoms with Gasteiger partial charge in [0, 0.05) is 18.7 Å². The Balaban J connectivity index is 1.58. The van der Waals surface area contributed by atoms with Gasteiger partial charge in [-0.3, -0.25) is 4.79 Å². The highest BCUT2D eigenvalue weighted by Crippen LogP contribution is 2.46. The summed E-state index contributed by atoms with van der Waals surface area (Å²) < 4.78 is 5.81. The lowest BCUT2D eigenvalue weighted by Crippen LogP contribution is -2.36. The number of phenols is 2. The van der Waals surface area contributed by atoms with Crippen LogP contribution in [0.25, 0.3) is 0 Å². The molecule has 0 spiro atoms. The van der Waals surface area contributed by atoms with Gasteiger partial charge in [0.2, 0.25) is 0 Å². The first-order valence-corrected chi connectivity index (χ1v) is 9.74. The number of phenolic OH excluding ortho intramolecular Hbond substituents is 2. The molecule has 0 atom stereocenters. The van der Waals surface area contributed by atoms with E-state index in [2.05, 4.69) is 0 Å². The molecular formula is C22H17Cl2NO4. The van der Waals surface area contributed by atoms with E-state index >= 15 is 0 Å². The van der Waals surface area contributed by atoms with E-state index in [1.807, 2.05) is 30.3 Å². The standard InChI is InChI=1S/C22H17Cl2NO4/c23-18-16-9-10-25(12-17(16)19(24)21(27)20(18)26)22(28)13-5-4-8-15(11-13)29-14-6-2-1-3-7-14/h1-8,11,26-27H,9-10,12H2. The fourth-order valence-electron chi connectivity index (χ4n) is 3.37. The minimum atomic E-state index is -0.469. The predicted molar refractivity (Wildman–Crippen MR) is 111 cm³/mol. The Bertz CT molecular complexity index is 1090. The van der Waals surface area contributed by atoms with Crippen LogP contribution in [0.1, 0.15) is 21.5 Å². The molecule has 0 saturated heterocycles. The van der Waals surface area contributed by atoms with Crippen molar-refractivity contribution in [2.45, 2.75) is 13.0 Å². The predicted octanol–water partition coefficient (Wildman–Crippen LogP) is 5.40. The molecule has 4 rings (SSSR count). The van der Waals surface area contributed by atoms with Gasteiger partial charge >= 0.3 is 0 Å². The van der Waals surface area contributed by atoms with E-state index in [0.717, 1.165) is 0 Å². The first-order valence-electron chi connectivity index (χ1n) is 8.98. The van der Waals surface area contributed by atoms with Crippen molar-refractivity contribution in [1.82, 2.24) is 4.90 Å². The molecule has 3 aromatic carbocycles. The molecule has 1 heterocycles. The largest absolute Gasteiger partial charge is 0.503 e. The summed E-state index contributed by atoms with van der Waals surface area (Å²) in [5.74, 6) is 0.154. The van der Waals surface area contributed by atoms with Gasteiger partial charge in [0.15, 0.2) is 11.5 Å². The number of rotatable bonds is 3. The average molecular weight is 430 g/mol. The van der Waals surface area contributed by atoms with Gasteiger partial charge < -0.3 is 19.8 Å². The second kappa shape index (κ2) is 7.85. The second-order valence-corrected chi connectivity index (χ2v) is 7.46. The fourth-order valence-corrected chi connectivity index (χ4v) is 3.94. The van der Waals surface area contributed by atoms with Gasteiger partial charge in [0.05, 0.1) is 10.0 Å². The van der Waals surface area contributed by atoms with E-state index in [1.165, 1.54) is 0 Å². The lowest BCUT2D eigenvalue weighted by atomic mass is 9.97. The van der Waals surface area contributed by atoms with Crippen LogP contribution in [0.2, 0.25) is 10.0 Å². The van der Waals surface area contributed by atoms with Crippen LogP contribution < -0.4 is 4.74 Å². The summed E-state index contributed by atoms with van der Waals surface area (Å²) in [6.45, 7) is 0.597. The quantitative estimate of drug-likeness (QED) is 0.547. The van der Waals surface area contributed by atoms with Gasteiger partial charge in [-0.2, -0.15) is 0 Å². The van der Waals surface area contributed by atoms with E-state index in [1.54, 1.807) is 29.2 Å². The Morgan fingerprint density at radius 3 is 2.28 bits per heavy atom. The molecule has 148 valence electrons. The van der Waals surface area contributed by atoms with E-state index in [9.17, 15) is 15.0 Å². The van der Waals surface area contributed by atoms with Crippen LogP contribution in [0.3, 0.4) is 0 Å². The van der Waals surface area contributed by atoms with Gasteiger partial charge in [0.1, 0.15) is 11.5 Å². The maximum atomic E-state index is 13.0. The highest BCUT2D eigenvalue weighted by Gasteiger charge is 2.29. The van der Waals surface area contributed by atoms with Gasteiger partial charge in [-0.25, -0.2) is 0 Å². The number of para-hydroxylation sites is 1. The number of hydrogen-bond donors (Lipinski definition) is 2. The number of fused-ring (bicyclic) bond motifs is 1. The summed E-state index contributed by atoms with van der Waals surface area (Å²) in [7, 11) is 0. The molecule has 0 fully saturated rings. The third-order valence-electron chi connectivity index (χ3n) is 4.86. The highest BCUT2D eigenvalue weighted by molar-refractivity contribution is 6.36. The van der Waals surface area contributed by atoms with Crippen molar-refractivity contribution >= 4 is 29.1 Å². The number of ether oxygens (including phenoxy) is 1. The zero-order chi connectivity index (χ0) is 20.5.